The fraction of sp³-hybridized carbons (Fsp3) is 0.0811. The van der Waals surface area contributed by atoms with Gasteiger partial charge in [0, 0.05) is 17.1 Å². The molecule has 0 saturated carbocycles. The lowest BCUT2D eigenvalue weighted by Crippen LogP contribution is -2.05. The van der Waals surface area contributed by atoms with E-state index in [1.54, 1.807) is 11.3 Å². The largest absolute Gasteiger partial charge is 0.416 e. The Hall–Kier alpha value is -5.86. The molecule has 0 N–H and O–H groups in total. The minimum atomic E-state index is -4.44. The lowest BCUT2D eigenvalue weighted by Gasteiger charge is -2.11. The molecule has 0 amide bonds. The second-order valence-corrected chi connectivity index (χ2v) is 13.4. The van der Waals surface area contributed by atoms with Crippen LogP contribution in [0.15, 0.2) is 109 Å². The number of aromatic nitrogens is 6. The van der Waals surface area contributed by atoms with Crippen LogP contribution >= 0.6 is 34.3 Å². The van der Waals surface area contributed by atoms with Crippen molar-refractivity contribution in [1.82, 2.24) is 29.9 Å². The summed E-state index contributed by atoms with van der Waals surface area (Å²) in [7, 11) is 0. The van der Waals surface area contributed by atoms with Crippen LogP contribution in [0.3, 0.4) is 0 Å². The minimum Gasteiger partial charge on any atom is -0.239 e. The van der Waals surface area contributed by atoms with Gasteiger partial charge in [-0.3, -0.25) is 0 Å². The molecule has 0 aliphatic carbocycles. The Morgan fingerprint density at radius 2 is 1.29 bits per heavy atom. The lowest BCUT2D eigenvalue weighted by molar-refractivity contribution is -0.137. The zero-order chi connectivity index (χ0) is 35.5. The molecule has 2 atom stereocenters. The SMILES string of the molecule is N#CC(c1ccnc(Cl)n1)c1nc2cc(C(F)(F)F)ccc2s1.N#CC(c1nc2ccccc2s1)c1nc(-c2ccccc2)nc2ccccc12. The van der Waals surface area contributed by atoms with Crippen molar-refractivity contribution >= 4 is 65.6 Å². The monoisotopic (exact) mass is 732 g/mol. The number of nitriles is 2. The quantitative estimate of drug-likeness (QED) is 0.160. The molecule has 14 heteroatoms. The highest BCUT2D eigenvalue weighted by molar-refractivity contribution is 7.19. The van der Waals surface area contributed by atoms with Crippen LogP contribution in [-0.2, 0) is 6.18 Å². The molecule has 0 aliphatic rings. The molecule has 51 heavy (non-hydrogen) atoms. The Balaban J connectivity index is 0.000000163. The maximum atomic E-state index is 12.7. The maximum Gasteiger partial charge on any atom is 0.416 e. The first-order valence-electron chi connectivity index (χ1n) is 15.1. The van der Waals surface area contributed by atoms with E-state index in [0.29, 0.717) is 26.9 Å². The summed E-state index contributed by atoms with van der Waals surface area (Å²) in [6, 6.07) is 34.9. The van der Waals surface area contributed by atoms with Gasteiger partial charge >= 0.3 is 6.18 Å². The van der Waals surface area contributed by atoms with Crippen LogP contribution in [0.1, 0.15) is 38.8 Å². The Kier molecular flexibility index (Phi) is 9.34. The summed E-state index contributed by atoms with van der Waals surface area (Å²) in [6.07, 6.45) is -3.03. The van der Waals surface area contributed by atoms with Gasteiger partial charge in [-0.05, 0) is 54.1 Å². The van der Waals surface area contributed by atoms with Crippen LogP contribution < -0.4 is 0 Å². The number of rotatable bonds is 5. The second-order valence-electron chi connectivity index (χ2n) is 10.9. The fourth-order valence-corrected chi connectivity index (χ4v) is 7.46. The summed E-state index contributed by atoms with van der Waals surface area (Å²) in [5.74, 6) is -0.745. The van der Waals surface area contributed by atoms with E-state index in [-0.39, 0.29) is 10.8 Å². The van der Waals surface area contributed by atoms with E-state index in [1.165, 1.54) is 18.3 Å². The van der Waals surface area contributed by atoms with Crippen LogP contribution in [0.4, 0.5) is 13.2 Å². The van der Waals surface area contributed by atoms with Gasteiger partial charge in [-0.25, -0.2) is 29.9 Å². The van der Waals surface area contributed by atoms with Crippen molar-refractivity contribution in [3.05, 3.63) is 142 Å². The van der Waals surface area contributed by atoms with Gasteiger partial charge in [0.25, 0.3) is 0 Å². The van der Waals surface area contributed by atoms with E-state index in [0.717, 1.165) is 55.2 Å². The number of hydrogen-bond donors (Lipinski definition) is 0. The highest BCUT2D eigenvalue weighted by Gasteiger charge is 2.31. The third kappa shape index (κ3) is 7.09. The lowest BCUT2D eigenvalue weighted by atomic mass is 10.0. The van der Waals surface area contributed by atoms with Gasteiger partial charge in [-0.15, -0.1) is 22.7 Å². The molecule has 248 valence electrons. The number of fused-ring (bicyclic) bond motifs is 3. The molecule has 0 spiro atoms. The number of nitrogens with zero attached hydrogens (tertiary/aromatic N) is 8. The average Bonchev–Trinajstić information content (AvgIpc) is 3.77. The molecule has 0 fully saturated rings. The summed E-state index contributed by atoms with van der Waals surface area (Å²) in [5.41, 5.74) is 3.13. The van der Waals surface area contributed by atoms with Crippen molar-refractivity contribution in [3.8, 4) is 23.5 Å². The number of halogens is 4. The van der Waals surface area contributed by atoms with E-state index in [9.17, 15) is 23.7 Å². The van der Waals surface area contributed by atoms with Gasteiger partial charge in [-0.1, -0.05) is 60.7 Å². The summed E-state index contributed by atoms with van der Waals surface area (Å²) in [4.78, 5) is 26.1. The topological polar surface area (TPSA) is 125 Å². The molecule has 0 saturated heterocycles. The summed E-state index contributed by atoms with van der Waals surface area (Å²) >= 11 is 8.40. The summed E-state index contributed by atoms with van der Waals surface area (Å²) in [6.45, 7) is 0. The molecule has 0 radical (unpaired) electrons. The molecular weight excluding hydrogens is 713 g/mol. The van der Waals surface area contributed by atoms with E-state index >= 15 is 0 Å². The normalized spacial score (nSPS) is 12.5. The third-order valence-electron chi connectivity index (χ3n) is 7.68. The molecule has 0 aliphatic heterocycles. The Morgan fingerprint density at radius 3 is 2.00 bits per heavy atom. The first kappa shape index (κ1) is 33.6. The van der Waals surface area contributed by atoms with Gasteiger partial charge in [-0.2, -0.15) is 23.7 Å². The minimum absolute atomic E-state index is 0.0109. The smallest absolute Gasteiger partial charge is 0.239 e. The van der Waals surface area contributed by atoms with Crippen LogP contribution in [0.25, 0.3) is 42.7 Å². The van der Waals surface area contributed by atoms with Crippen LogP contribution in [-0.4, -0.2) is 29.9 Å². The molecule has 4 heterocycles. The first-order valence-corrected chi connectivity index (χ1v) is 17.2. The van der Waals surface area contributed by atoms with Gasteiger partial charge in [0.15, 0.2) is 5.82 Å². The number of para-hydroxylation sites is 2. The molecule has 8 rings (SSSR count). The highest BCUT2D eigenvalue weighted by atomic mass is 35.5. The predicted octanol–water partition coefficient (Wildman–Crippen LogP) is 9.98. The van der Waals surface area contributed by atoms with E-state index in [2.05, 4.69) is 21.0 Å². The zero-order valence-corrected chi connectivity index (χ0v) is 28.3. The molecule has 4 aromatic heterocycles. The number of alkyl halides is 3. The highest BCUT2D eigenvalue weighted by Crippen LogP contribution is 2.37. The number of thiazole rings is 2. The van der Waals surface area contributed by atoms with E-state index < -0.39 is 23.6 Å². The van der Waals surface area contributed by atoms with Crippen molar-refractivity contribution in [2.45, 2.75) is 18.0 Å². The molecular formula is C37H20ClF3N8S2. The third-order valence-corrected chi connectivity index (χ3v) is 10.1. The maximum absolute atomic E-state index is 12.7. The van der Waals surface area contributed by atoms with Crippen LogP contribution in [0.5, 0.6) is 0 Å². The van der Waals surface area contributed by atoms with Crippen molar-refractivity contribution < 1.29 is 13.2 Å². The van der Waals surface area contributed by atoms with Gasteiger partial charge in [0.1, 0.15) is 21.9 Å². The first-order chi connectivity index (χ1) is 24.7. The Morgan fingerprint density at radius 1 is 0.647 bits per heavy atom. The van der Waals surface area contributed by atoms with Crippen molar-refractivity contribution in [3.63, 3.8) is 0 Å². The molecule has 0 bridgehead atoms. The molecule has 8 aromatic rings. The Labute approximate surface area is 301 Å². The predicted molar refractivity (Wildman–Crippen MR) is 191 cm³/mol. The van der Waals surface area contributed by atoms with Crippen LogP contribution in [0, 0.1) is 22.7 Å². The summed E-state index contributed by atoms with van der Waals surface area (Å²) in [5, 5.41) is 21.4. The zero-order valence-electron chi connectivity index (χ0n) is 26.0. The van der Waals surface area contributed by atoms with Gasteiger partial charge in [0.05, 0.1) is 55.0 Å². The number of benzene rings is 4. The van der Waals surface area contributed by atoms with Crippen LogP contribution in [0.2, 0.25) is 5.28 Å². The fourth-order valence-electron chi connectivity index (χ4n) is 5.29. The van der Waals surface area contributed by atoms with Crippen molar-refractivity contribution in [1.29, 1.82) is 10.5 Å². The average molecular weight is 733 g/mol. The molecule has 4 aromatic carbocycles. The standard InChI is InChI=1S/C23H14N4S.C14H6ClF3N4S/c24-14-17(23-26-19-12-6-7-13-20(19)28-23)21-16-10-4-5-11-18(16)25-22(27-21)15-8-2-1-3-9-15;15-13-20-4-3-9(22-13)8(6-19)12-21-10-5-7(14(16,17)18)1-2-11(10)23-12/h1-13,17H;1-5,8H. The van der Waals surface area contributed by atoms with Crippen molar-refractivity contribution in [2.75, 3.05) is 0 Å². The van der Waals surface area contributed by atoms with E-state index in [4.69, 9.17) is 26.6 Å². The summed E-state index contributed by atoms with van der Waals surface area (Å²) < 4.78 is 39.9. The second kappa shape index (κ2) is 14.2. The van der Waals surface area contributed by atoms with Crippen molar-refractivity contribution in [2.24, 2.45) is 0 Å². The Bertz CT molecular complexity index is 2580. The van der Waals surface area contributed by atoms with Gasteiger partial charge in [0.2, 0.25) is 5.28 Å². The van der Waals surface area contributed by atoms with E-state index in [1.807, 2.05) is 84.9 Å². The molecule has 2 unspecified atom stereocenters. The number of hydrogen-bond acceptors (Lipinski definition) is 10. The molecule has 8 nitrogen and oxygen atoms in total. The van der Waals surface area contributed by atoms with Gasteiger partial charge < -0.3 is 0 Å².